The highest BCUT2D eigenvalue weighted by atomic mass is 79.9. The maximum Gasteiger partial charge on any atom is 0.120 e. The van der Waals surface area contributed by atoms with E-state index >= 15 is 0 Å². The van der Waals surface area contributed by atoms with Crippen LogP contribution in [0.15, 0.2) is 97.1 Å². The number of rotatable bonds is 11. The smallest absolute Gasteiger partial charge is 0.120 e. The quantitative estimate of drug-likeness (QED) is 0.150. The second-order valence-electron chi connectivity index (χ2n) is 9.15. The molecule has 38 heavy (non-hydrogen) atoms. The van der Waals surface area contributed by atoms with Gasteiger partial charge in [0.2, 0.25) is 0 Å². The molecule has 0 amide bonds. The molecule has 5 heteroatoms. The van der Waals surface area contributed by atoms with Crippen molar-refractivity contribution in [3.8, 4) is 28.5 Å². The summed E-state index contributed by atoms with van der Waals surface area (Å²) in [5, 5.41) is 2.00. The summed E-state index contributed by atoms with van der Waals surface area (Å²) in [6.07, 6.45) is 0. The molecular weight excluding hydrogens is 538 g/mol. The summed E-state index contributed by atoms with van der Waals surface area (Å²) < 4.78 is 20.0. The number of aromatic nitrogens is 1. The topological polar surface area (TPSA) is 32.6 Å². The Labute approximate surface area is 232 Å². The van der Waals surface area contributed by atoms with Gasteiger partial charge in [-0.25, -0.2) is 0 Å². The summed E-state index contributed by atoms with van der Waals surface area (Å²) in [5.74, 6) is 2.63. The zero-order valence-electron chi connectivity index (χ0n) is 21.8. The maximum absolute atomic E-state index is 6.17. The highest BCUT2D eigenvalue weighted by Gasteiger charge is 2.17. The molecule has 0 aliphatic carbocycles. The van der Waals surface area contributed by atoms with E-state index in [9.17, 15) is 0 Å². The minimum Gasteiger partial charge on any atom is -0.494 e. The molecule has 4 aromatic carbocycles. The number of ether oxygens (including phenoxy) is 3. The predicted octanol–water partition coefficient (Wildman–Crippen LogP) is 8.42. The summed E-state index contributed by atoms with van der Waals surface area (Å²) in [7, 11) is 0. The van der Waals surface area contributed by atoms with Crippen molar-refractivity contribution in [3.05, 3.63) is 114 Å². The fourth-order valence-electron chi connectivity index (χ4n) is 4.77. The third kappa shape index (κ3) is 5.89. The Morgan fingerprint density at radius 2 is 1.39 bits per heavy atom. The summed E-state index contributed by atoms with van der Waals surface area (Å²) in [6, 6.07) is 33.4. The van der Waals surface area contributed by atoms with Crippen LogP contribution in [0.5, 0.6) is 17.2 Å². The van der Waals surface area contributed by atoms with E-state index in [1.807, 2.05) is 49.4 Å². The molecule has 5 aromatic rings. The Morgan fingerprint density at radius 3 is 2.11 bits per heavy atom. The minimum atomic E-state index is 0.543. The molecule has 1 aromatic heterocycles. The van der Waals surface area contributed by atoms with Crippen LogP contribution in [0.2, 0.25) is 0 Å². The van der Waals surface area contributed by atoms with Crippen LogP contribution >= 0.6 is 15.9 Å². The molecule has 0 unspecified atom stereocenters. The van der Waals surface area contributed by atoms with E-state index in [1.54, 1.807) is 0 Å². The molecule has 1 heterocycles. The fraction of sp³-hybridized carbons (Fsp3) is 0.212. The number of fused-ring (bicyclic) bond motifs is 1. The van der Waals surface area contributed by atoms with Gasteiger partial charge in [-0.05, 0) is 90.7 Å². The second kappa shape index (κ2) is 12.2. The first-order valence-corrected chi connectivity index (χ1v) is 14.1. The van der Waals surface area contributed by atoms with Crippen LogP contribution in [-0.2, 0) is 13.2 Å². The molecule has 0 aliphatic heterocycles. The maximum atomic E-state index is 6.17. The molecule has 5 rings (SSSR count). The number of nitrogens with zero attached hydrogens (tertiary/aromatic N) is 1. The van der Waals surface area contributed by atoms with Gasteiger partial charge in [0.05, 0.1) is 18.9 Å². The van der Waals surface area contributed by atoms with E-state index < -0.39 is 0 Å². The molecular formula is C33H32BrNO3. The zero-order valence-corrected chi connectivity index (χ0v) is 23.4. The van der Waals surface area contributed by atoms with Crippen LogP contribution in [0, 0.1) is 6.92 Å². The van der Waals surface area contributed by atoms with Gasteiger partial charge in [0.1, 0.15) is 23.9 Å². The fourth-order valence-corrected chi connectivity index (χ4v) is 4.94. The Morgan fingerprint density at radius 1 is 0.711 bits per heavy atom. The van der Waals surface area contributed by atoms with Crippen molar-refractivity contribution in [2.75, 3.05) is 18.5 Å². The van der Waals surface area contributed by atoms with Gasteiger partial charge < -0.3 is 18.8 Å². The predicted molar refractivity (Wildman–Crippen MR) is 159 cm³/mol. The number of alkyl halides is 1. The van der Waals surface area contributed by atoms with Crippen LogP contribution in [-0.4, -0.2) is 23.1 Å². The zero-order chi connectivity index (χ0) is 26.3. The summed E-state index contributed by atoms with van der Waals surface area (Å²) >= 11 is 3.42. The van der Waals surface area contributed by atoms with E-state index in [-0.39, 0.29) is 0 Å². The van der Waals surface area contributed by atoms with Gasteiger partial charge >= 0.3 is 0 Å². The van der Waals surface area contributed by atoms with Crippen molar-refractivity contribution in [1.29, 1.82) is 0 Å². The van der Waals surface area contributed by atoms with Gasteiger partial charge in [-0.1, -0.05) is 58.4 Å². The van der Waals surface area contributed by atoms with Gasteiger partial charge in [0.25, 0.3) is 0 Å². The molecule has 4 nitrogen and oxygen atoms in total. The number of benzene rings is 4. The average Bonchev–Trinajstić information content (AvgIpc) is 3.23. The van der Waals surface area contributed by atoms with Crippen LogP contribution in [0.4, 0.5) is 0 Å². The van der Waals surface area contributed by atoms with Crippen LogP contribution in [0.3, 0.4) is 0 Å². The lowest BCUT2D eigenvalue weighted by atomic mass is 10.1. The Bertz CT molecular complexity index is 1480. The molecule has 0 aliphatic rings. The van der Waals surface area contributed by atoms with Crippen LogP contribution < -0.4 is 14.2 Å². The largest absolute Gasteiger partial charge is 0.494 e. The molecule has 0 N–H and O–H groups in total. The molecule has 0 bridgehead atoms. The van der Waals surface area contributed by atoms with Gasteiger partial charge in [-0.15, -0.1) is 0 Å². The third-order valence-corrected chi connectivity index (χ3v) is 6.91. The number of aryl methyl sites for hydroxylation is 1. The third-order valence-electron chi connectivity index (χ3n) is 6.58. The normalized spacial score (nSPS) is 11.0. The van der Waals surface area contributed by atoms with Crippen molar-refractivity contribution in [2.45, 2.75) is 27.0 Å². The molecule has 0 saturated heterocycles. The SMILES string of the molecule is CCOc1ccc(-c2c(C)c3cc(OCc4ccccc4)ccc3n2Cc2ccc(OCCBr)cc2)cc1. The van der Waals surface area contributed by atoms with Crippen molar-refractivity contribution in [1.82, 2.24) is 4.57 Å². The lowest BCUT2D eigenvalue weighted by Gasteiger charge is -2.14. The van der Waals surface area contributed by atoms with E-state index in [4.69, 9.17) is 14.2 Å². The minimum absolute atomic E-state index is 0.543. The van der Waals surface area contributed by atoms with Gasteiger partial charge in [0.15, 0.2) is 0 Å². The monoisotopic (exact) mass is 569 g/mol. The molecule has 0 saturated carbocycles. The van der Waals surface area contributed by atoms with E-state index in [2.05, 4.69) is 82.0 Å². The van der Waals surface area contributed by atoms with Gasteiger partial charge in [-0.2, -0.15) is 0 Å². The van der Waals surface area contributed by atoms with E-state index in [0.717, 1.165) is 40.3 Å². The van der Waals surface area contributed by atoms with Crippen LogP contribution in [0.1, 0.15) is 23.6 Å². The summed E-state index contributed by atoms with van der Waals surface area (Å²) in [6.45, 7) is 6.79. The highest BCUT2D eigenvalue weighted by molar-refractivity contribution is 9.09. The summed E-state index contributed by atoms with van der Waals surface area (Å²) in [5.41, 5.74) is 7.13. The van der Waals surface area contributed by atoms with Gasteiger partial charge in [-0.3, -0.25) is 0 Å². The lowest BCUT2D eigenvalue weighted by molar-refractivity contribution is 0.306. The first-order valence-electron chi connectivity index (χ1n) is 13.0. The molecule has 0 spiro atoms. The summed E-state index contributed by atoms with van der Waals surface area (Å²) in [4.78, 5) is 0. The van der Waals surface area contributed by atoms with Crippen LogP contribution in [0.25, 0.3) is 22.2 Å². The highest BCUT2D eigenvalue weighted by Crippen LogP contribution is 2.36. The molecule has 0 atom stereocenters. The Kier molecular flexibility index (Phi) is 8.34. The van der Waals surface area contributed by atoms with Gasteiger partial charge in [0, 0.05) is 22.8 Å². The van der Waals surface area contributed by atoms with E-state index in [1.165, 1.54) is 27.7 Å². The standard InChI is InChI=1S/C33H32BrNO3/c1-3-36-28-15-11-27(12-16-28)33-24(2)31-21-30(38-23-26-7-5-4-6-8-26)17-18-32(31)35(33)22-25-9-13-29(14-10-25)37-20-19-34/h4-18,21H,3,19-20,22-23H2,1-2H3. The van der Waals surface area contributed by atoms with Crippen molar-refractivity contribution in [3.63, 3.8) is 0 Å². The molecule has 0 radical (unpaired) electrons. The average molecular weight is 571 g/mol. The first-order chi connectivity index (χ1) is 18.7. The molecule has 0 fully saturated rings. The van der Waals surface area contributed by atoms with Crippen molar-refractivity contribution >= 4 is 26.8 Å². The van der Waals surface area contributed by atoms with E-state index in [0.29, 0.717) is 19.8 Å². The Hall–Kier alpha value is -3.70. The first kappa shape index (κ1) is 25.9. The number of halogens is 1. The Balaban J connectivity index is 1.51. The number of hydrogen-bond donors (Lipinski definition) is 0. The lowest BCUT2D eigenvalue weighted by Crippen LogP contribution is -2.03. The second-order valence-corrected chi connectivity index (χ2v) is 9.94. The van der Waals surface area contributed by atoms with Crippen molar-refractivity contribution in [2.24, 2.45) is 0 Å². The molecule has 194 valence electrons. The van der Waals surface area contributed by atoms with Crippen molar-refractivity contribution < 1.29 is 14.2 Å². The number of hydrogen-bond acceptors (Lipinski definition) is 3.